The van der Waals surface area contributed by atoms with Gasteiger partial charge in [-0.25, -0.2) is 4.98 Å². The number of aromatic nitrogens is 1. The number of furan rings is 1. The van der Waals surface area contributed by atoms with Crippen LogP contribution in [-0.2, 0) is 5.88 Å². The van der Waals surface area contributed by atoms with Gasteiger partial charge in [0.1, 0.15) is 5.58 Å². The summed E-state index contributed by atoms with van der Waals surface area (Å²) in [4.78, 5) is 16.2. The molecule has 1 aromatic carbocycles. The van der Waals surface area contributed by atoms with E-state index in [2.05, 4.69) is 10.3 Å². The molecule has 6 heteroatoms. The van der Waals surface area contributed by atoms with Gasteiger partial charge in [-0.15, -0.1) is 22.9 Å². The van der Waals surface area contributed by atoms with Crippen molar-refractivity contribution in [2.45, 2.75) is 5.88 Å². The number of amides is 1. The lowest BCUT2D eigenvalue weighted by atomic mass is 10.2. The maximum Gasteiger partial charge on any atom is 0.293 e. The Balaban J connectivity index is 1.83. The minimum atomic E-state index is -0.313. The summed E-state index contributed by atoms with van der Waals surface area (Å²) >= 11 is 7.00. The Kier molecular flexibility index (Phi) is 3.23. The van der Waals surface area contributed by atoms with Gasteiger partial charge in [-0.05, 0) is 12.1 Å². The smallest absolute Gasteiger partial charge is 0.293 e. The van der Waals surface area contributed by atoms with E-state index in [1.165, 1.54) is 11.3 Å². The minimum absolute atomic E-state index is 0.267. The second-order valence-electron chi connectivity index (χ2n) is 3.88. The molecular weight excluding hydrogens is 284 g/mol. The maximum atomic E-state index is 12.0. The molecule has 0 atom stereocenters. The molecule has 0 aliphatic carbocycles. The molecule has 4 nitrogen and oxygen atoms in total. The lowest BCUT2D eigenvalue weighted by Gasteiger charge is -1.96. The number of thiazole rings is 1. The van der Waals surface area contributed by atoms with Crippen molar-refractivity contribution in [1.29, 1.82) is 0 Å². The highest BCUT2D eigenvalue weighted by atomic mass is 35.5. The summed E-state index contributed by atoms with van der Waals surface area (Å²) in [6.07, 6.45) is 0. The lowest BCUT2D eigenvalue weighted by molar-refractivity contribution is 0.0998. The molecule has 19 heavy (non-hydrogen) atoms. The molecule has 2 aromatic heterocycles. The summed E-state index contributed by atoms with van der Waals surface area (Å²) in [6.45, 7) is 0. The van der Waals surface area contributed by atoms with Crippen molar-refractivity contribution in [2.24, 2.45) is 0 Å². The third kappa shape index (κ3) is 2.47. The predicted molar refractivity (Wildman–Crippen MR) is 75.8 cm³/mol. The normalized spacial score (nSPS) is 10.8. The van der Waals surface area contributed by atoms with Crippen LogP contribution in [0.1, 0.15) is 16.2 Å². The average molecular weight is 293 g/mol. The molecule has 0 radical (unpaired) electrons. The van der Waals surface area contributed by atoms with Crippen molar-refractivity contribution in [2.75, 3.05) is 5.32 Å². The van der Waals surface area contributed by atoms with E-state index in [0.717, 1.165) is 11.1 Å². The number of carbonyl (C=O) groups excluding carboxylic acids is 1. The molecule has 0 saturated carbocycles. The minimum Gasteiger partial charge on any atom is -0.451 e. The Labute approximate surface area is 118 Å². The van der Waals surface area contributed by atoms with Gasteiger partial charge in [-0.2, -0.15) is 0 Å². The molecule has 1 N–H and O–H groups in total. The van der Waals surface area contributed by atoms with Gasteiger partial charge in [0, 0.05) is 10.8 Å². The monoisotopic (exact) mass is 292 g/mol. The van der Waals surface area contributed by atoms with Gasteiger partial charge >= 0.3 is 0 Å². The molecule has 3 rings (SSSR count). The summed E-state index contributed by atoms with van der Waals surface area (Å²) in [6, 6.07) is 9.18. The van der Waals surface area contributed by atoms with Gasteiger partial charge in [0.15, 0.2) is 10.9 Å². The second kappa shape index (κ2) is 5.03. The summed E-state index contributed by atoms with van der Waals surface area (Å²) in [7, 11) is 0. The van der Waals surface area contributed by atoms with Crippen LogP contribution in [0.5, 0.6) is 0 Å². The number of rotatable bonds is 3. The number of halogens is 1. The van der Waals surface area contributed by atoms with Crippen LogP contribution in [-0.4, -0.2) is 10.9 Å². The molecule has 2 heterocycles. The number of nitrogens with one attached hydrogen (secondary N) is 1. The Morgan fingerprint density at radius 2 is 2.26 bits per heavy atom. The molecule has 0 aliphatic rings. The summed E-state index contributed by atoms with van der Waals surface area (Å²) in [5.41, 5.74) is 1.43. The van der Waals surface area contributed by atoms with E-state index < -0.39 is 0 Å². The number of nitrogens with zero attached hydrogens (tertiary/aromatic N) is 1. The van der Waals surface area contributed by atoms with Gasteiger partial charge in [0.25, 0.3) is 5.91 Å². The highest BCUT2D eigenvalue weighted by Crippen LogP contribution is 2.21. The van der Waals surface area contributed by atoms with Crippen molar-refractivity contribution in [1.82, 2.24) is 4.98 Å². The molecule has 0 aliphatic heterocycles. The Morgan fingerprint density at radius 3 is 3.00 bits per heavy atom. The molecule has 96 valence electrons. The van der Waals surface area contributed by atoms with Crippen LogP contribution < -0.4 is 5.32 Å². The van der Waals surface area contributed by atoms with Crippen LogP contribution in [0.2, 0.25) is 0 Å². The molecule has 0 unspecified atom stereocenters. The topological polar surface area (TPSA) is 55.1 Å². The SMILES string of the molecule is O=C(Nc1nc(CCl)cs1)c1cc2ccccc2o1. The number of hydrogen-bond acceptors (Lipinski definition) is 4. The first kappa shape index (κ1) is 12.2. The third-order valence-corrected chi connectivity index (χ3v) is 3.64. The van der Waals surface area contributed by atoms with Crippen LogP contribution in [0.4, 0.5) is 5.13 Å². The van der Waals surface area contributed by atoms with Crippen LogP contribution in [0.25, 0.3) is 11.0 Å². The summed E-state index contributed by atoms with van der Waals surface area (Å²) in [5, 5.41) is 5.91. The molecule has 1 amide bonds. The van der Waals surface area contributed by atoms with Gasteiger partial charge in [0.05, 0.1) is 11.6 Å². The zero-order chi connectivity index (χ0) is 13.2. The lowest BCUT2D eigenvalue weighted by Crippen LogP contribution is -2.10. The van der Waals surface area contributed by atoms with Crippen molar-refractivity contribution in [3.8, 4) is 0 Å². The van der Waals surface area contributed by atoms with Gasteiger partial charge in [-0.1, -0.05) is 18.2 Å². The number of hydrogen-bond donors (Lipinski definition) is 1. The Morgan fingerprint density at radius 1 is 1.42 bits per heavy atom. The van der Waals surface area contributed by atoms with Crippen LogP contribution in [0, 0.1) is 0 Å². The zero-order valence-corrected chi connectivity index (χ0v) is 11.3. The molecule has 0 saturated heterocycles. The first-order valence-corrected chi connectivity index (χ1v) is 6.98. The fourth-order valence-corrected chi connectivity index (χ4v) is 2.61. The van der Waals surface area contributed by atoms with E-state index >= 15 is 0 Å². The van der Waals surface area contributed by atoms with E-state index in [0.29, 0.717) is 16.6 Å². The fourth-order valence-electron chi connectivity index (χ4n) is 1.68. The highest BCUT2D eigenvalue weighted by molar-refractivity contribution is 7.14. The van der Waals surface area contributed by atoms with Crippen molar-refractivity contribution < 1.29 is 9.21 Å². The van der Waals surface area contributed by atoms with Gasteiger partial charge < -0.3 is 4.42 Å². The Hall–Kier alpha value is -1.85. The van der Waals surface area contributed by atoms with Crippen LogP contribution in [0.3, 0.4) is 0 Å². The van der Waals surface area contributed by atoms with E-state index in [-0.39, 0.29) is 11.7 Å². The van der Waals surface area contributed by atoms with Crippen LogP contribution in [0.15, 0.2) is 40.1 Å². The molecule has 0 fully saturated rings. The van der Waals surface area contributed by atoms with Crippen molar-refractivity contribution in [3.63, 3.8) is 0 Å². The zero-order valence-electron chi connectivity index (χ0n) is 9.72. The number of anilines is 1. The number of benzene rings is 1. The molecule has 3 aromatic rings. The van der Waals surface area contributed by atoms with E-state index in [4.69, 9.17) is 16.0 Å². The van der Waals surface area contributed by atoms with Crippen LogP contribution >= 0.6 is 22.9 Å². The van der Waals surface area contributed by atoms with E-state index in [1.807, 2.05) is 24.3 Å². The number of alkyl halides is 1. The summed E-state index contributed by atoms with van der Waals surface area (Å²) in [5.74, 6) is 0.285. The molecule has 0 bridgehead atoms. The maximum absolute atomic E-state index is 12.0. The number of carbonyl (C=O) groups is 1. The van der Waals surface area contributed by atoms with Crippen molar-refractivity contribution in [3.05, 3.63) is 47.2 Å². The Bertz CT molecular complexity index is 702. The molecule has 0 spiro atoms. The quantitative estimate of drug-likeness (QED) is 0.745. The van der Waals surface area contributed by atoms with E-state index in [9.17, 15) is 4.79 Å². The second-order valence-corrected chi connectivity index (χ2v) is 5.01. The number of fused-ring (bicyclic) bond motifs is 1. The highest BCUT2D eigenvalue weighted by Gasteiger charge is 2.13. The standard InChI is InChI=1S/C13H9ClN2O2S/c14-6-9-7-19-13(15-9)16-12(17)11-5-8-3-1-2-4-10(8)18-11/h1-5,7H,6H2,(H,15,16,17). The van der Waals surface area contributed by atoms with Crippen molar-refractivity contribution >= 4 is 44.9 Å². The molecular formula is C13H9ClN2O2S. The van der Waals surface area contributed by atoms with Gasteiger partial charge in [0.2, 0.25) is 0 Å². The predicted octanol–water partition coefficient (Wildman–Crippen LogP) is 3.88. The third-order valence-electron chi connectivity index (χ3n) is 2.56. The average Bonchev–Trinajstić information content (AvgIpc) is 3.04. The summed E-state index contributed by atoms with van der Waals surface area (Å²) < 4.78 is 5.47. The number of para-hydroxylation sites is 1. The van der Waals surface area contributed by atoms with E-state index in [1.54, 1.807) is 11.4 Å². The first-order chi connectivity index (χ1) is 9.26. The first-order valence-electron chi connectivity index (χ1n) is 5.56. The van der Waals surface area contributed by atoms with Gasteiger partial charge in [-0.3, -0.25) is 10.1 Å². The fraction of sp³-hybridized carbons (Fsp3) is 0.0769. The largest absolute Gasteiger partial charge is 0.451 e.